The average molecular weight is 424 g/mol. The minimum Gasteiger partial charge on any atom is -0.454 e. The molecule has 0 aliphatic rings. The quantitative estimate of drug-likeness (QED) is 0.493. The second kappa shape index (κ2) is 7.34. The third-order valence-corrected chi connectivity index (χ3v) is 5.81. The summed E-state index contributed by atoms with van der Waals surface area (Å²) in [5.74, 6) is -0.00439. The van der Waals surface area contributed by atoms with Crippen molar-refractivity contribution in [3.8, 4) is 22.8 Å². The number of halogens is 1. The molecule has 0 aliphatic carbocycles. The molecule has 7 heteroatoms. The Morgan fingerprint density at radius 1 is 1.13 bits per heavy atom. The van der Waals surface area contributed by atoms with E-state index in [0.29, 0.717) is 32.7 Å². The number of rotatable bonds is 4. The number of thiophene rings is 1. The topological polar surface area (TPSA) is 64.3 Å². The van der Waals surface area contributed by atoms with E-state index in [1.165, 1.54) is 22.1 Å². The van der Waals surface area contributed by atoms with E-state index in [1.807, 2.05) is 11.4 Å². The van der Waals surface area contributed by atoms with Gasteiger partial charge in [-0.1, -0.05) is 12.1 Å². The number of benzene rings is 2. The Labute approximate surface area is 177 Å². The highest BCUT2D eigenvalue weighted by molar-refractivity contribution is 7.17. The van der Waals surface area contributed by atoms with Crippen molar-refractivity contribution in [2.24, 2.45) is 7.05 Å². The fraction of sp³-hybridized carbons (Fsp3) is 0.217. The van der Waals surface area contributed by atoms with Crippen LogP contribution in [0.2, 0.25) is 0 Å². The molecule has 0 atom stereocenters. The van der Waals surface area contributed by atoms with E-state index in [0.717, 1.165) is 5.56 Å². The Bertz CT molecular complexity index is 1320. The first-order valence-corrected chi connectivity index (χ1v) is 10.3. The van der Waals surface area contributed by atoms with Crippen molar-refractivity contribution in [1.82, 2.24) is 9.78 Å². The van der Waals surface area contributed by atoms with Crippen LogP contribution < -0.4 is 10.3 Å². The Morgan fingerprint density at radius 3 is 2.57 bits per heavy atom. The van der Waals surface area contributed by atoms with E-state index in [-0.39, 0.29) is 11.3 Å². The number of aromatic nitrogens is 2. The smallest absolute Gasteiger partial charge is 0.284 e. The van der Waals surface area contributed by atoms with Crippen molar-refractivity contribution in [2.75, 3.05) is 0 Å². The molecule has 4 rings (SSSR count). The molecule has 2 heterocycles. The Balaban J connectivity index is 1.96. The summed E-state index contributed by atoms with van der Waals surface area (Å²) >= 11 is 1.34. The van der Waals surface area contributed by atoms with Crippen molar-refractivity contribution in [3.05, 3.63) is 75.1 Å². The van der Waals surface area contributed by atoms with Gasteiger partial charge < -0.3 is 9.84 Å². The molecule has 0 aliphatic heterocycles. The lowest BCUT2D eigenvalue weighted by Gasteiger charge is -2.21. The summed E-state index contributed by atoms with van der Waals surface area (Å²) < 4.78 is 22.2. The summed E-state index contributed by atoms with van der Waals surface area (Å²) in [4.78, 5) is 12.4. The maximum atomic E-state index is 14.4. The van der Waals surface area contributed by atoms with Crippen molar-refractivity contribution in [3.63, 3.8) is 0 Å². The highest BCUT2D eigenvalue weighted by atomic mass is 32.1. The molecule has 0 saturated carbocycles. The fourth-order valence-electron chi connectivity index (χ4n) is 3.25. The summed E-state index contributed by atoms with van der Waals surface area (Å²) in [7, 11) is 1.59. The Morgan fingerprint density at radius 2 is 1.87 bits per heavy atom. The van der Waals surface area contributed by atoms with Crippen LogP contribution in [0.4, 0.5) is 4.39 Å². The zero-order chi connectivity index (χ0) is 21.6. The average Bonchev–Trinajstić information content (AvgIpc) is 3.16. The van der Waals surface area contributed by atoms with Gasteiger partial charge in [-0.25, -0.2) is 9.07 Å². The number of fused-ring (bicyclic) bond motifs is 1. The third kappa shape index (κ3) is 3.62. The van der Waals surface area contributed by atoms with Gasteiger partial charge in [0, 0.05) is 18.0 Å². The van der Waals surface area contributed by atoms with E-state index in [4.69, 9.17) is 4.74 Å². The van der Waals surface area contributed by atoms with Crippen LogP contribution in [0.15, 0.2) is 52.6 Å². The van der Waals surface area contributed by atoms with Gasteiger partial charge in [0.05, 0.1) is 5.60 Å². The second-order valence-corrected chi connectivity index (χ2v) is 8.66. The molecule has 0 amide bonds. The van der Waals surface area contributed by atoms with E-state index in [1.54, 1.807) is 58.2 Å². The van der Waals surface area contributed by atoms with Crippen LogP contribution in [0, 0.1) is 12.7 Å². The fourth-order valence-corrected chi connectivity index (χ4v) is 4.11. The molecule has 0 bridgehead atoms. The lowest BCUT2D eigenvalue weighted by atomic mass is 9.94. The normalized spacial score (nSPS) is 11.8. The van der Waals surface area contributed by atoms with E-state index in [9.17, 15) is 14.3 Å². The van der Waals surface area contributed by atoms with Crippen LogP contribution in [0.5, 0.6) is 11.5 Å². The van der Waals surface area contributed by atoms with Crippen molar-refractivity contribution in [1.29, 1.82) is 0 Å². The standard InChI is InChI=1S/C23H21FN2O3S/c1-13-5-7-19(17(24)11-13)29-18-8-6-14(23(2,3)28)12-16(18)20-15-9-10-30-21(15)22(27)26(4)25-20/h5-12,28H,1-4H3. The van der Waals surface area contributed by atoms with Crippen molar-refractivity contribution >= 4 is 21.4 Å². The largest absolute Gasteiger partial charge is 0.454 e. The van der Waals surface area contributed by atoms with E-state index in [2.05, 4.69) is 5.10 Å². The molecule has 2 aromatic heterocycles. The molecule has 0 unspecified atom stereocenters. The van der Waals surface area contributed by atoms with Crippen LogP contribution in [0.3, 0.4) is 0 Å². The second-order valence-electron chi connectivity index (χ2n) is 7.75. The lowest BCUT2D eigenvalue weighted by molar-refractivity contribution is 0.0786. The molecular formula is C23H21FN2O3S. The first-order valence-electron chi connectivity index (χ1n) is 9.41. The van der Waals surface area contributed by atoms with Gasteiger partial charge in [-0.15, -0.1) is 11.3 Å². The van der Waals surface area contributed by atoms with Gasteiger partial charge >= 0.3 is 0 Å². The predicted molar refractivity (Wildman–Crippen MR) is 117 cm³/mol. The summed E-state index contributed by atoms with van der Waals surface area (Å²) in [6, 6.07) is 11.8. The highest BCUT2D eigenvalue weighted by Crippen LogP contribution is 2.39. The molecule has 0 fully saturated rings. The van der Waals surface area contributed by atoms with Gasteiger partial charge in [0.25, 0.3) is 5.56 Å². The van der Waals surface area contributed by atoms with Crippen LogP contribution in [0.25, 0.3) is 21.3 Å². The zero-order valence-corrected chi connectivity index (χ0v) is 17.9. The Kier molecular flexibility index (Phi) is 4.95. The molecule has 30 heavy (non-hydrogen) atoms. The van der Waals surface area contributed by atoms with Gasteiger partial charge in [0.2, 0.25) is 0 Å². The molecule has 5 nitrogen and oxygen atoms in total. The van der Waals surface area contributed by atoms with Crippen LogP contribution in [-0.4, -0.2) is 14.9 Å². The molecule has 1 N–H and O–H groups in total. The zero-order valence-electron chi connectivity index (χ0n) is 17.1. The van der Waals surface area contributed by atoms with Gasteiger partial charge in [-0.05, 0) is 67.6 Å². The van der Waals surface area contributed by atoms with Gasteiger partial charge in [0.1, 0.15) is 16.1 Å². The summed E-state index contributed by atoms with van der Waals surface area (Å²) in [5.41, 5.74) is 1.24. The first kappa shape index (κ1) is 20.3. The molecule has 4 aromatic rings. The summed E-state index contributed by atoms with van der Waals surface area (Å²) in [6.45, 7) is 5.17. The lowest BCUT2D eigenvalue weighted by Crippen LogP contribution is -2.19. The van der Waals surface area contributed by atoms with Crippen LogP contribution in [-0.2, 0) is 12.6 Å². The number of aliphatic hydroxyl groups is 1. The van der Waals surface area contributed by atoms with E-state index >= 15 is 0 Å². The van der Waals surface area contributed by atoms with Gasteiger partial charge in [-0.2, -0.15) is 5.10 Å². The number of aryl methyl sites for hydroxylation is 2. The number of hydrogen-bond acceptors (Lipinski definition) is 5. The molecule has 154 valence electrons. The maximum absolute atomic E-state index is 14.4. The third-order valence-electron chi connectivity index (χ3n) is 4.91. The number of ether oxygens (including phenoxy) is 1. The summed E-state index contributed by atoms with van der Waals surface area (Å²) in [6.07, 6.45) is 0. The van der Waals surface area contributed by atoms with Gasteiger partial charge in [-0.3, -0.25) is 4.79 Å². The van der Waals surface area contributed by atoms with Gasteiger partial charge in [0.15, 0.2) is 11.6 Å². The predicted octanol–water partition coefficient (Wildman–Crippen LogP) is 5.13. The minimum atomic E-state index is -1.10. The van der Waals surface area contributed by atoms with Crippen LogP contribution in [0.1, 0.15) is 25.0 Å². The number of hydrogen-bond donors (Lipinski definition) is 1. The summed E-state index contributed by atoms with van der Waals surface area (Å²) in [5, 5.41) is 17.5. The SMILES string of the molecule is Cc1ccc(Oc2ccc(C(C)(C)O)cc2-c2nn(C)c(=O)c3sccc23)c(F)c1. The molecule has 2 aromatic carbocycles. The van der Waals surface area contributed by atoms with Crippen LogP contribution >= 0.6 is 11.3 Å². The molecular weight excluding hydrogens is 403 g/mol. The molecule has 0 spiro atoms. The van der Waals surface area contributed by atoms with Crippen molar-refractivity contribution in [2.45, 2.75) is 26.4 Å². The Hall–Kier alpha value is -3.03. The van der Waals surface area contributed by atoms with E-state index < -0.39 is 11.4 Å². The maximum Gasteiger partial charge on any atom is 0.284 e. The molecule has 0 saturated heterocycles. The monoisotopic (exact) mass is 424 g/mol. The molecule has 0 radical (unpaired) electrons. The highest BCUT2D eigenvalue weighted by Gasteiger charge is 2.22. The number of nitrogens with zero attached hydrogens (tertiary/aromatic N) is 2. The minimum absolute atomic E-state index is 0.0873. The van der Waals surface area contributed by atoms with Crippen molar-refractivity contribution < 1.29 is 14.2 Å². The first-order chi connectivity index (χ1) is 14.1.